The fraction of sp³-hybridized carbons (Fsp3) is 0.0667. The Bertz CT molecular complexity index is 683. The lowest BCUT2D eigenvalue weighted by atomic mass is 10.2. The van der Waals surface area contributed by atoms with Crippen LogP contribution in [0.1, 0.15) is 5.56 Å². The van der Waals surface area contributed by atoms with E-state index in [1.54, 1.807) is 0 Å². The number of fused-ring (bicyclic) bond motifs is 1. The van der Waals surface area contributed by atoms with Gasteiger partial charge in [0.25, 0.3) is 0 Å². The van der Waals surface area contributed by atoms with Crippen LogP contribution in [-0.2, 0) is 6.54 Å². The lowest BCUT2D eigenvalue weighted by molar-refractivity contribution is 0.837. The number of nitrogen functional groups attached to an aromatic ring is 1. The summed E-state index contributed by atoms with van der Waals surface area (Å²) in [4.78, 5) is 0. The summed E-state index contributed by atoms with van der Waals surface area (Å²) >= 11 is 2.32. The maximum atomic E-state index is 5.97. The first-order valence-electron chi connectivity index (χ1n) is 5.82. The SMILES string of the molecule is Nc1cccc2c1ccn2Cc1ccc(I)cc1. The molecular formula is C15H13IN2. The normalized spacial score (nSPS) is 10.9. The fourth-order valence-corrected chi connectivity index (χ4v) is 2.53. The van der Waals surface area contributed by atoms with Crippen molar-refractivity contribution in [2.24, 2.45) is 0 Å². The van der Waals surface area contributed by atoms with Gasteiger partial charge in [-0.05, 0) is 58.5 Å². The van der Waals surface area contributed by atoms with E-state index in [0.29, 0.717) is 0 Å². The number of halogens is 1. The molecule has 0 saturated carbocycles. The summed E-state index contributed by atoms with van der Waals surface area (Å²) in [6, 6.07) is 16.7. The van der Waals surface area contributed by atoms with Gasteiger partial charge in [0.15, 0.2) is 0 Å². The predicted octanol–water partition coefficient (Wildman–Crippen LogP) is 3.88. The van der Waals surface area contributed by atoms with Crippen molar-refractivity contribution in [2.75, 3.05) is 5.73 Å². The monoisotopic (exact) mass is 348 g/mol. The summed E-state index contributed by atoms with van der Waals surface area (Å²) in [5.74, 6) is 0. The number of nitrogens with zero attached hydrogens (tertiary/aromatic N) is 1. The molecule has 1 aromatic heterocycles. The van der Waals surface area contributed by atoms with Crippen LogP contribution in [0.3, 0.4) is 0 Å². The van der Waals surface area contributed by atoms with E-state index in [-0.39, 0.29) is 0 Å². The third-order valence-electron chi connectivity index (χ3n) is 3.11. The van der Waals surface area contributed by atoms with Gasteiger partial charge in [-0.2, -0.15) is 0 Å². The molecule has 0 aliphatic carbocycles. The molecule has 0 aliphatic rings. The molecule has 0 spiro atoms. The second-order valence-electron chi connectivity index (χ2n) is 4.35. The zero-order valence-corrected chi connectivity index (χ0v) is 12.0. The Morgan fingerprint density at radius 1 is 1.00 bits per heavy atom. The molecule has 2 aromatic carbocycles. The van der Waals surface area contributed by atoms with Crippen LogP contribution in [0.15, 0.2) is 54.7 Å². The van der Waals surface area contributed by atoms with Gasteiger partial charge in [-0.1, -0.05) is 18.2 Å². The first kappa shape index (κ1) is 11.6. The van der Waals surface area contributed by atoms with Crippen molar-refractivity contribution in [3.05, 3.63) is 63.9 Å². The van der Waals surface area contributed by atoms with E-state index in [0.717, 1.165) is 17.6 Å². The molecule has 0 saturated heterocycles. The maximum absolute atomic E-state index is 5.97. The number of benzene rings is 2. The van der Waals surface area contributed by atoms with Gasteiger partial charge in [-0.15, -0.1) is 0 Å². The van der Waals surface area contributed by atoms with Crippen LogP contribution in [0, 0.1) is 3.57 Å². The third-order valence-corrected chi connectivity index (χ3v) is 3.83. The highest BCUT2D eigenvalue weighted by Gasteiger charge is 2.03. The molecule has 2 nitrogen and oxygen atoms in total. The maximum Gasteiger partial charge on any atom is 0.0504 e. The van der Waals surface area contributed by atoms with Gasteiger partial charge >= 0.3 is 0 Å². The van der Waals surface area contributed by atoms with Crippen molar-refractivity contribution in [1.82, 2.24) is 4.57 Å². The molecule has 2 N–H and O–H groups in total. The highest BCUT2D eigenvalue weighted by Crippen LogP contribution is 2.22. The highest BCUT2D eigenvalue weighted by molar-refractivity contribution is 14.1. The number of nitrogens with two attached hydrogens (primary N) is 1. The smallest absolute Gasteiger partial charge is 0.0504 e. The van der Waals surface area contributed by atoms with E-state index in [1.165, 1.54) is 14.7 Å². The summed E-state index contributed by atoms with van der Waals surface area (Å²) in [5.41, 5.74) is 9.30. The molecule has 3 aromatic rings. The molecule has 0 fully saturated rings. The largest absolute Gasteiger partial charge is 0.398 e. The van der Waals surface area contributed by atoms with Gasteiger partial charge in [0.2, 0.25) is 0 Å². The number of hydrogen-bond donors (Lipinski definition) is 1. The average molecular weight is 348 g/mol. The van der Waals surface area contributed by atoms with E-state index in [1.807, 2.05) is 12.1 Å². The number of aromatic nitrogens is 1. The van der Waals surface area contributed by atoms with Gasteiger partial charge < -0.3 is 10.3 Å². The molecule has 0 bridgehead atoms. The Morgan fingerprint density at radius 3 is 2.56 bits per heavy atom. The third kappa shape index (κ3) is 2.10. The molecule has 3 rings (SSSR count). The van der Waals surface area contributed by atoms with Crippen LogP contribution >= 0.6 is 22.6 Å². The fourth-order valence-electron chi connectivity index (χ4n) is 2.17. The molecule has 0 unspecified atom stereocenters. The van der Waals surface area contributed by atoms with Gasteiger partial charge in [-0.25, -0.2) is 0 Å². The van der Waals surface area contributed by atoms with Crippen LogP contribution in [0.2, 0.25) is 0 Å². The van der Waals surface area contributed by atoms with Crippen molar-refractivity contribution in [3.63, 3.8) is 0 Å². The van der Waals surface area contributed by atoms with Gasteiger partial charge in [0.05, 0.1) is 5.52 Å². The Labute approximate surface area is 120 Å². The predicted molar refractivity (Wildman–Crippen MR) is 84.6 cm³/mol. The van der Waals surface area contributed by atoms with Crippen molar-refractivity contribution in [1.29, 1.82) is 0 Å². The molecule has 0 amide bonds. The van der Waals surface area contributed by atoms with E-state index in [9.17, 15) is 0 Å². The molecule has 1 heterocycles. The number of rotatable bonds is 2. The van der Waals surface area contributed by atoms with E-state index in [2.05, 4.69) is 69.8 Å². The molecule has 18 heavy (non-hydrogen) atoms. The Kier molecular flexibility index (Phi) is 2.99. The zero-order chi connectivity index (χ0) is 12.5. The lowest BCUT2D eigenvalue weighted by Crippen LogP contribution is -1.98. The summed E-state index contributed by atoms with van der Waals surface area (Å²) in [7, 11) is 0. The second kappa shape index (κ2) is 4.65. The molecule has 90 valence electrons. The Morgan fingerprint density at radius 2 is 1.78 bits per heavy atom. The standard InChI is InChI=1S/C15H13IN2/c16-12-6-4-11(5-7-12)10-18-9-8-13-14(17)2-1-3-15(13)18/h1-9H,10,17H2. The topological polar surface area (TPSA) is 30.9 Å². The summed E-state index contributed by atoms with van der Waals surface area (Å²) in [6.07, 6.45) is 2.10. The van der Waals surface area contributed by atoms with E-state index in [4.69, 9.17) is 5.73 Å². The van der Waals surface area contributed by atoms with Crippen LogP contribution in [0.25, 0.3) is 10.9 Å². The zero-order valence-electron chi connectivity index (χ0n) is 9.81. The van der Waals surface area contributed by atoms with Gasteiger partial charge in [0, 0.05) is 27.4 Å². The second-order valence-corrected chi connectivity index (χ2v) is 5.60. The van der Waals surface area contributed by atoms with Crippen LogP contribution in [-0.4, -0.2) is 4.57 Å². The number of anilines is 1. The van der Waals surface area contributed by atoms with Gasteiger partial charge in [-0.3, -0.25) is 0 Å². The minimum absolute atomic E-state index is 0.842. The van der Waals surface area contributed by atoms with Crippen molar-refractivity contribution >= 4 is 39.2 Å². The summed E-state index contributed by atoms with van der Waals surface area (Å²) in [6.45, 7) is 0.879. The molecule has 0 atom stereocenters. The van der Waals surface area contributed by atoms with Crippen LogP contribution in [0.5, 0.6) is 0 Å². The van der Waals surface area contributed by atoms with E-state index >= 15 is 0 Å². The van der Waals surface area contributed by atoms with Crippen molar-refractivity contribution < 1.29 is 0 Å². The Balaban J connectivity index is 2.00. The lowest BCUT2D eigenvalue weighted by Gasteiger charge is -2.06. The minimum Gasteiger partial charge on any atom is -0.398 e. The first-order valence-corrected chi connectivity index (χ1v) is 6.90. The highest BCUT2D eigenvalue weighted by atomic mass is 127. The van der Waals surface area contributed by atoms with Gasteiger partial charge in [0.1, 0.15) is 0 Å². The summed E-state index contributed by atoms with van der Waals surface area (Å²) in [5, 5.41) is 1.13. The van der Waals surface area contributed by atoms with Crippen LogP contribution in [0.4, 0.5) is 5.69 Å². The van der Waals surface area contributed by atoms with E-state index < -0.39 is 0 Å². The molecular weight excluding hydrogens is 335 g/mol. The molecule has 3 heteroatoms. The molecule has 0 radical (unpaired) electrons. The minimum atomic E-state index is 0.842. The van der Waals surface area contributed by atoms with Crippen LogP contribution < -0.4 is 5.73 Å². The van der Waals surface area contributed by atoms with Crippen molar-refractivity contribution in [3.8, 4) is 0 Å². The average Bonchev–Trinajstić information content (AvgIpc) is 2.77. The van der Waals surface area contributed by atoms with Crippen molar-refractivity contribution in [2.45, 2.75) is 6.54 Å². The first-order chi connectivity index (χ1) is 8.74. The quantitative estimate of drug-likeness (QED) is 0.553. The summed E-state index contributed by atoms with van der Waals surface area (Å²) < 4.78 is 3.49. The number of hydrogen-bond acceptors (Lipinski definition) is 1. The Hall–Kier alpha value is -1.49. The molecule has 0 aliphatic heterocycles.